The van der Waals surface area contributed by atoms with Crippen LogP contribution in [0.25, 0.3) is 11.2 Å². The molecule has 98 valence electrons. The lowest BCUT2D eigenvalue weighted by molar-refractivity contribution is 0.420. The van der Waals surface area contributed by atoms with Crippen LogP contribution in [-0.2, 0) is 0 Å². The minimum absolute atomic E-state index is 0.160. The number of imidazole rings is 1. The predicted molar refractivity (Wildman–Crippen MR) is 74.7 cm³/mol. The number of nitrogens with two attached hydrogens (primary N) is 1. The van der Waals surface area contributed by atoms with Gasteiger partial charge in [0, 0.05) is 10.7 Å². The van der Waals surface area contributed by atoms with Crippen molar-refractivity contribution in [1.29, 1.82) is 0 Å². The molecule has 3 rings (SSSR count). The highest BCUT2D eigenvalue weighted by Crippen LogP contribution is 2.27. The van der Waals surface area contributed by atoms with Gasteiger partial charge in [-0.25, -0.2) is 15.0 Å². The Kier molecular flexibility index (Phi) is 2.78. The molecule has 0 saturated heterocycles. The van der Waals surface area contributed by atoms with Crippen molar-refractivity contribution in [3.8, 4) is 0 Å². The Morgan fingerprint density at radius 2 is 2.16 bits per heavy atom. The van der Waals surface area contributed by atoms with E-state index in [1.807, 2.05) is 24.5 Å². The van der Waals surface area contributed by atoms with Crippen LogP contribution in [0.5, 0.6) is 0 Å². The first kappa shape index (κ1) is 12.2. The van der Waals surface area contributed by atoms with Crippen LogP contribution < -0.4 is 5.73 Å². The number of fused-ring (bicyclic) bond motifs is 1. The van der Waals surface area contributed by atoms with Crippen molar-refractivity contribution in [3.05, 3.63) is 34.6 Å². The number of oxazole rings is 1. The molecule has 3 aromatic rings. The fraction of sp³-hybridized carbons (Fsp3) is 0.250. The summed E-state index contributed by atoms with van der Waals surface area (Å²) in [5.41, 5.74) is 7.43. The lowest BCUT2D eigenvalue weighted by Crippen LogP contribution is -2.11. The van der Waals surface area contributed by atoms with Gasteiger partial charge in [0.2, 0.25) is 11.8 Å². The lowest BCUT2D eigenvalue weighted by Gasteiger charge is -2.11. The van der Waals surface area contributed by atoms with E-state index < -0.39 is 0 Å². The normalized spacial score (nSPS) is 13.0. The van der Waals surface area contributed by atoms with Crippen molar-refractivity contribution in [3.63, 3.8) is 0 Å². The third-order valence-electron chi connectivity index (χ3n) is 2.91. The molecule has 6 nitrogen and oxygen atoms in total. The number of aryl methyl sites for hydroxylation is 1. The molecule has 0 spiro atoms. The largest absolute Gasteiger partial charge is 0.444 e. The van der Waals surface area contributed by atoms with E-state index in [2.05, 4.69) is 30.9 Å². The highest BCUT2D eigenvalue weighted by atomic mass is 79.9. The van der Waals surface area contributed by atoms with Gasteiger partial charge in [0.1, 0.15) is 17.3 Å². The molecule has 0 aliphatic heterocycles. The zero-order valence-corrected chi connectivity index (χ0v) is 12.0. The van der Waals surface area contributed by atoms with E-state index in [-0.39, 0.29) is 6.04 Å². The summed E-state index contributed by atoms with van der Waals surface area (Å²) >= 11 is 3.37. The smallest absolute Gasteiger partial charge is 0.217 e. The van der Waals surface area contributed by atoms with Crippen molar-refractivity contribution >= 4 is 33.0 Å². The maximum Gasteiger partial charge on any atom is 0.217 e. The standard InChI is InChI=1S/C12H12BrN5O/c1-6-4-16-11(19-6)7(2)18-10-9(17-12(18)14)3-8(13)5-15-10/h3-5,7H,1-2H3,(H2,14,17). The van der Waals surface area contributed by atoms with Gasteiger partial charge in [0.25, 0.3) is 0 Å². The number of nitrogens with zero attached hydrogens (tertiary/aromatic N) is 4. The Labute approximate surface area is 117 Å². The van der Waals surface area contributed by atoms with Gasteiger partial charge < -0.3 is 10.2 Å². The number of hydrogen-bond donors (Lipinski definition) is 1. The molecule has 3 heterocycles. The Bertz CT molecular complexity index is 748. The summed E-state index contributed by atoms with van der Waals surface area (Å²) in [4.78, 5) is 12.9. The van der Waals surface area contributed by atoms with Crippen molar-refractivity contribution in [2.45, 2.75) is 19.9 Å². The molecular weight excluding hydrogens is 310 g/mol. The van der Waals surface area contributed by atoms with Crippen molar-refractivity contribution in [2.24, 2.45) is 0 Å². The van der Waals surface area contributed by atoms with Gasteiger partial charge in [0.15, 0.2) is 5.65 Å². The number of rotatable bonds is 2. The quantitative estimate of drug-likeness (QED) is 0.784. The molecule has 0 fully saturated rings. The second-order valence-corrected chi connectivity index (χ2v) is 5.24. The van der Waals surface area contributed by atoms with Gasteiger partial charge in [-0.15, -0.1) is 0 Å². The summed E-state index contributed by atoms with van der Waals surface area (Å²) in [5, 5.41) is 0. The van der Waals surface area contributed by atoms with Gasteiger partial charge in [-0.2, -0.15) is 0 Å². The molecule has 19 heavy (non-hydrogen) atoms. The number of pyridine rings is 1. The van der Waals surface area contributed by atoms with Crippen LogP contribution in [0.1, 0.15) is 24.6 Å². The van der Waals surface area contributed by atoms with E-state index in [1.54, 1.807) is 12.4 Å². The zero-order chi connectivity index (χ0) is 13.6. The monoisotopic (exact) mass is 321 g/mol. The summed E-state index contributed by atoms with van der Waals surface area (Å²) < 4.78 is 8.22. The van der Waals surface area contributed by atoms with Gasteiger partial charge >= 0.3 is 0 Å². The van der Waals surface area contributed by atoms with Crippen LogP contribution in [0.3, 0.4) is 0 Å². The molecule has 2 N–H and O–H groups in total. The number of halogens is 1. The molecule has 0 aromatic carbocycles. The summed E-state index contributed by atoms with van der Waals surface area (Å²) in [5.74, 6) is 1.75. The number of anilines is 1. The summed E-state index contributed by atoms with van der Waals surface area (Å²) in [6.45, 7) is 3.81. The zero-order valence-electron chi connectivity index (χ0n) is 10.5. The van der Waals surface area contributed by atoms with Crippen LogP contribution in [0, 0.1) is 6.92 Å². The Morgan fingerprint density at radius 1 is 1.37 bits per heavy atom. The fourth-order valence-corrected chi connectivity index (χ4v) is 2.35. The van der Waals surface area contributed by atoms with Gasteiger partial charge in [-0.3, -0.25) is 4.57 Å². The first-order chi connectivity index (χ1) is 9.06. The highest BCUT2D eigenvalue weighted by Gasteiger charge is 2.20. The fourth-order valence-electron chi connectivity index (χ4n) is 2.03. The highest BCUT2D eigenvalue weighted by molar-refractivity contribution is 9.10. The van der Waals surface area contributed by atoms with Crippen LogP contribution in [0.4, 0.5) is 5.95 Å². The maximum atomic E-state index is 5.98. The minimum Gasteiger partial charge on any atom is -0.444 e. The van der Waals surface area contributed by atoms with E-state index in [1.165, 1.54) is 0 Å². The molecular formula is C12H12BrN5O. The Balaban J connectivity index is 2.16. The predicted octanol–water partition coefficient (Wildman–Crippen LogP) is 2.68. The second kappa shape index (κ2) is 4.34. The van der Waals surface area contributed by atoms with Crippen LogP contribution >= 0.6 is 15.9 Å². The molecule has 0 aliphatic carbocycles. The molecule has 0 aliphatic rings. The molecule has 0 radical (unpaired) electrons. The molecule has 1 unspecified atom stereocenters. The van der Waals surface area contributed by atoms with Gasteiger partial charge in [0.05, 0.1) is 6.20 Å². The first-order valence-corrected chi connectivity index (χ1v) is 6.57. The SMILES string of the molecule is Cc1cnc(C(C)n2c(N)nc3cc(Br)cnc32)o1. The first-order valence-electron chi connectivity index (χ1n) is 5.77. The topological polar surface area (TPSA) is 82.8 Å². The summed E-state index contributed by atoms with van der Waals surface area (Å²) in [6, 6.07) is 1.72. The molecule has 1 atom stereocenters. The van der Waals surface area contributed by atoms with E-state index in [0.29, 0.717) is 17.5 Å². The third kappa shape index (κ3) is 1.99. The van der Waals surface area contributed by atoms with Crippen LogP contribution in [0.2, 0.25) is 0 Å². The van der Waals surface area contributed by atoms with E-state index in [0.717, 1.165) is 15.7 Å². The Hall–Kier alpha value is -1.89. The van der Waals surface area contributed by atoms with Crippen LogP contribution in [0.15, 0.2) is 27.3 Å². The molecule has 7 heteroatoms. The number of nitrogen functional groups attached to an aromatic ring is 1. The molecule has 3 aromatic heterocycles. The minimum atomic E-state index is -0.160. The van der Waals surface area contributed by atoms with E-state index in [4.69, 9.17) is 10.2 Å². The number of hydrogen-bond acceptors (Lipinski definition) is 5. The van der Waals surface area contributed by atoms with Crippen LogP contribution in [-0.4, -0.2) is 19.5 Å². The average molecular weight is 322 g/mol. The third-order valence-corrected chi connectivity index (χ3v) is 3.34. The molecule has 0 amide bonds. The second-order valence-electron chi connectivity index (χ2n) is 4.32. The van der Waals surface area contributed by atoms with Crippen molar-refractivity contribution in [2.75, 3.05) is 5.73 Å². The molecule has 0 bridgehead atoms. The summed E-state index contributed by atoms with van der Waals surface area (Å²) in [6.07, 6.45) is 3.40. The Morgan fingerprint density at radius 3 is 2.84 bits per heavy atom. The molecule has 0 saturated carbocycles. The van der Waals surface area contributed by atoms with Crippen molar-refractivity contribution < 1.29 is 4.42 Å². The summed E-state index contributed by atoms with van der Waals surface area (Å²) in [7, 11) is 0. The number of aromatic nitrogens is 4. The van der Waals surface area contributed by atoms with Gasteiger partial charge in [-0.05, 0) is 35.8 Å². The average Bonchev–Trinajstić information content (AvgIpc) is 2.91. The lowest BCUT2D eigenvalue weighted by atomic mass is 10.3. The maximum absolute atomic E-state index is 5.98. The van der Waals surface area contributed by atoms with Crippen molar-refractivity contribution in [1.82, 2.24) is 19.5 Å². The van der Waals surface area contributed by atoms with Gasteiger partial charge in [-0.1, -0.05) is 0 Å². The van der Waals surface area contributed by atoms with E-state index in [9.17, 15) is 0 Å². The van der Waals surface area contributed by atoms with E-state index >= 15 is 0 Å².